The lowest BCUT2D eigenvalue weighted by atomic mass is 9.68. The van der Waals surface area contributed by atoms with Gasteiger partial charge >= 0.3 is 0 Å². The number of hydrogen-bond acceptors (Lipinski definition) is 5. The molecule has 0 amide bonds. The summed E-state index contributed by atoms with van der Waals surface area (Å²) in [5, 5.41) is 20.2. The number of piperidine rings is 2. The summed E-state index contributed by atoms with van der Waals surface area (Å²) in [6.07, 6.45) is 6.89. The maximum absolute atomic E-state index is 13.2. The van der Waals surface area contributed by atoms with E-state index in [9.17, 15) is 15.0 Å². The molecule has 2 N–H and O–H groups in total. The molecule has 6 heteroatoms. The SMILES string of the molecule is CN1CCC(CCC(=O)CCC2(c3cccc(O)c3)CCN(C)CC2)(c2cccc(O)c2)CC1.Cl. The number of rotatable bonds is 8. The average Bonchev–Trinajstić information content (AvgIpc) is 2.84. The molecule has 192 valence electrons. The molecule has 0 radical (unpaired) electrons. The van der Waals surface area contributed by atoms with Crippen LogP contribution in [0, 0.1) is 0 Å². The molecule has 2 aliphatic heterocycles. The summed E-state index contributed by atoms with van der Waals surface area (Å²) in [5.74, 6) is 0.937. The molecule has 2 saturated heterocycles. The maximum atomic E-state index is 13.2. The lowest BCUT2D eigenvalue weighted by molar-refractivity contribution is -0.120. The van der Waals surface area contributed by atoms with Gasteiger partial charge in [-0.1, -0.05) is 24.3 Å². The molecule has 0 saturated carbocycles. The Morgan fingerprint density at radius 3 is 1.46 bits per heavy atom. The molecule has 35 heavy (non-hydrogen) atoms. The van der Waals surface area contributed by atoms with E-state index in [-0.39, 0.29) is 23.2 Å². The van der Waals surface area contributed by atoms with Crippen LogP contribution in [0.4, 0.5) is 0 Å². The molecule has 0 spiro atoms. The first-order chi connectivity index (χ1) is 16.3. The Kier molecular flexibility index (Phi) is 9.25. The van der Waals surface area contributed by atoms with Gasteiger partial charge in [-0.3, -0.25) is 4.79 Å². The van der Waals surface area contributed by atoms with E-state index in [2.05, 4.69) is 36.0 Å². The average molecular weight is 501 g/mol. The van der Waals surface area contributed by atoms with Crippen LogP contribution in [0.25, 0.3) is 0 Å². The van der Waals surface area contributed by atoms with Crippen molar-refractivity contribution in [2.75, 3.05) is 40.3 Å². The number of carbonyl (C=O) groups excluding carboxylic acids is 1. The highest BCUT2D eigenvalue weighted by atomic mass is 35.5. The van der Waals surface area contributed by atoms with Crippen LogP contribution >= 0.6 is 12.4 Å². The first-order valence-electron chi connectivity index (χ1n) is 12.8. The summed E-state index contributed by atoms with van der Waals surface area (Å²) in [5.41, 5.74) is 2.24. The van der Waals surface area contributed by atoms with E-state index in [0.29, 0.717) is 30.1 Å². The van der Waals surface area contributed by atoms with Crippen molar-refractivity contribution in [3.05, 3.63) is 59.7 Å². The van der Waals surface area contributed by atoms with Crippen molar-refractivity contribution in [1.82, 2.24) is 9.80 Å². The number of ketones is 1. The number of benzene rings is 2. The second kappa shape index (κ2) is 11.8. The molecule has 2 aromatic carbocycles. The molecule has 2 fully saturated rings. The fraction of sp³-hybridized carbons (Fsp3) is 0.552. The van der Waals surface area contributed by atoms with Crippen molar-refractivity contribution in [2.45, 2.75) is 62.2 Å². The van der Waals surface area contributed by atoms with E-state index in [0.717, 1.165) is 64.7 Å². The zero-order valence-corrected chi connectivity index (χ0v) is 22.0. The summed E-state index contributed by atoms with van der Waals surface area (Å²) in [6.45, 7) is 4.05. The highest BCUT2D eigenvalue weighted by Gasteiger charge is 2.38. The van der Waals surface area contributed by atoms with E-state index < -0.39 is 0 Å². The molecule has 0 bridgehead atoms. The number of phenols is 2. The molecule has 0 unspecified atom stereocenters. The van der Waals surface area contributed by atoms with Crippen LogP contribution in [-0.4, -0.2) is 66.1 Å². The molecular formula is C29H41ClN2O3. The second-order valence-corrected chi connectivity index (χ2v) is 10.8. The van der Waals surface area contributed by atoms with E-state index >= 15 is 0 Å². The van der Waals surface area contributed by atoms with Crippen LogP contribution in [0.2, 0.25) is 0 Å². The van der Waals surface area contributed by atoms with Gasteiger partial charge in [-0.25, -0.2) is 0 Å². The first kappa shape index (κ1) is 27.5. The topological polar surface area (TPSA) is 64.0 Å². The zero-order valence-electron chi connectivity index (χ0n) is 21.2. The van der Waals surface area contributed by atoms with Gasteiger partial charge in [-0.15, -0.1) is 12.4 Å². The minimum atomic E-state index is -0.0443. The molecular weight excluding hydrogens is 460 g/mol. The van der Waals surface area contributed by atoms with E-state index in [1.165, 1.54) is 11.1 Å². The predicted molar refractivity (Wildman–Crippen MR) is 144 cm³/mol. The monoisotopic (exact) mass is 500 g/mol. The summed E-state index contributed by atoms with van der Waals surface area (Å²) in [6, 6.07) is 15.3. The van der Waals surface area contributed by atoms with Crippen molar-refractivity contribution < 1.29 is 15.0 Å². The number of carbonyl (C=O) groups is 1. The third-order valence-corrected chi connectivity index (χ3v) is 8.57. The normalized spacial score (nSPS) is 20.2. The first-order valence-corrected chi connectivity index (χ1v) is 12.8. The van der Waals surface area contributed by atoms with Gasteiger partial charge in [-0.05, 0) is 125 Å². The summed E-state index contributed by atoms with van der Waals surface area (Å²) in [4.78, 5) is 17.9. The van der Waals surface area contributed by atoms with Crippen molar-refractivity contribution in [1.29, 1.82) is 0 Å². The quantitative estimate of drug-likeness (QED) is 0.516. The van der Waals surface area contributed by atoms with Crippen LogP contribution in [0.5, 0.6) is 11.5 Å². The Balaban J connectivity index is 0.00000342. The Hall–Kier alpha value is -2.08. The molecule has 2 heterocycles. The van der Waals surface area contributed by atoms with Gasteiger partial charge in [0.1, 0.15) is 17.3 Å². The number of nitrogens with zero attached hydrogens (tertiary/aromatic N) is 2. The van der Waals surface area contributed by atoms with E-state index in [4.69, 9.17) is 0 Å². The summed E-state index contributed by atoms with van der Waals surface area (Å²) < 4.78 is 0. The van der Waals surface area contributed by atoms with Gasteiger partial charge < -0.3 is 20.0 Å². The Morgan fingerprint density at radius 1 is 0.743 bits per heavy atom. The van der Waals surface area contributed by atoms with E-state index in [1.54, 1.807) is 12.1 Å². The Labute approximate surface area is 216 Å². The predicted octanol–water partition coefficient (Wildman–Crippen LogP) is 5.28. The van der Waals surface area contributed by atoms with Crippen LogP contribution < -0.4 is 0 Å². The zero-order chi connectivity index (χ0) is 24.2. The van der Waals surface area contributed by atoms with Crippen LogP contribution in [-0.2, 0) is 15.6 Å². The number of halogens is 1. The minimum Gasteiger partial charge on any atom is -0.508 e. The Morgan fingerprint density at radius 2 is 1.11 bits per heavy atom. The van der Waals surface area contributed by atoms with Gasteiger partial charge in [0.05, 0.1) is 0 Å². The van der Waals surface area contributed by atoms with Crippen LogP contribution in [0.3, 0.4) is 0 Å². The fourth-order valence-corrected chi connectivity index (χ4v) is 6.01. The number of Topliss-reactive ketones (excluding diaryl/α,β-unsaturated/α-hetero) is 1. The minimum absolute atomic E-state index is 0. The van der Waals surface area contributed by atoms with Gasteiger partial charge in [0.2, 0.25) is 0 Å². The Bertz CT molecular complexity index is 902. The lowest BCUT2D eigenvalue weighted by Gasteiger charge is -2.42. The summed E-state index contributed by atoms with van der Waals surface area (Å²) in [7, 11) is 4.31. The van der Waals surface area contributed by atoms with Gasteiger partial charge in [0, 0.05) is 12.8 Å². The molecule has 2 aromatic rings. The molecule has 4 rings (SSSR count). The highest BCUT2D eigenvalue weighted by Crippen LogP contribution is 2.42. The third-order valence-electron chi connectivity index (χ3n) is 8.57. The number of phenolic OH excluding ortho intramolecular Hbond substituents is 2. The highest BCUT2D eigenvalue weighted by molar-refractivity contribution is 5.85. The molecule has 0 atom stereocenters. The van der Waals surface area contributed by atoms with Crippen molar-refractivity contribution in [2.24, 2.45) is 0 Å². The molecule has 2 aliphatic rings. The van der Waals surface area contributed by atoms with Gasteiger partial charge in [0.25, 0.3) is 0 Å². The maximum Gasteiger partial charge on any atom is 0.132 e. The lowest BCUT2D eigenvalue weighted by Crippen LogP contribution is -2.42. The molecule has 5 nitrogen and oxygen atoms in total. The van der Waals surface area contributed by atoms with Gasteiger partial charge in [0.15, 0.2) is 0 Å². The van der Waals surface area contributed by atoms with Crippen molar-refractivity contribution >= 4 is 18.2 Å². The number of likely N-dealkylation sites (tertiary alicyclic amines) is 2. The molecule has 0 aromatic heterocycles. The third kappa shape index (κ3) is 6.58. The summed E-state index contributed by atoms with van der Waals surface area (Å²) >= 11 is 0. The largest absolute Gasteiger partial charge is 0.508 e. The smallest absolute Gasteiger partial charge is 0.132 e. The molecule has 0 aliphatic carbocycles. The van der Waals surface area contributed by atoms with Crippen LogP contribution in [0.1, 0.15) is 62.5 Å². The number of hydrogen-bond donors (Lipinski definition) is 2. The standard InChI is InChI=1S/C29H40N2O3.ClH/c1-30-17-13-28(14-18-30,23-5-3-7-26(33)21-23)11-9-25(32)10-12-29(15-19-31(2)20-16-29)24-6-4-8-27(34)22-24;/h3-8,21-22,33-34H,9-20H2,1-2H3;1H. The van der Waals surface area contributed by atoms with Crippen LogP contribution in [0.15, 0.2) is 48.5 Å². The number of aromatic hydroxyl groups is 2. The van der Waals surface area contributed by atoms with Crippen molar-refractivity contribution in [3.8, 4) is 11.5 Å². The van der Waals surface area contributed by atoms with Crippen molar-refractivity contribution in [3.63, 3.8) is 0 Å². The second-order valence-electron chi connectivity index (χ2n) is 10.8. The van der Waals surface area contributed by atoms with Gasteiger partial charge in [-0.2, -0.15) is 0 Å². The fourth-order valence-electron chi connectivity index (χ4n) is 6.01. The van der Waals surface area contributed by atoms with E-state index in [1.807, 2.05) is 24.3 Å².